The first kappa shape index (κ1) is 19.6. The van der Waals surface area contributed by atoms with Gasteiger partial charge in [0.25, 0.3) is 0 Å². The summed E-state index contributed by atoms with van der Waals surface area (Å²) in [6.07, 6.45) is 2.83. The molecule has 4 nitrogen and oxygen atoms in total. The molecule has 1 N–H and O–H groups in total. The summed E-state index contributed by atoms with van der Waals surface area (Å²) in [5, 5.41) is 8.36. The van der Waals surface area contributed by atoms with Gasteiger partial charge in [-0.25, -0.2) is 0 Å². The molecule has 0 aromatic heterocycles. The molecule has 0 saturated carbocycles. The second-order valence-electron chi connectivity index (χ2n) is 2.86. The van der Waals surface area contributed by atoms with Gasteiger partial charge in [-0.15, -0.1) is 0 Å². The monoisotopic (exact) mass is 294 g/mol. The van der Waals surface area contributed by atoms with Gasteiger partial charge in [0.2, 0.25) is 0 Å². The van der Waals surface area contributed by atoms with Crippen LogP contribution in [-0.4, -0.2) is 37.1 Å². The minimum atomic E-state index is -1.91. The molecule has 90 valence electrons. The number of carboxylic acid groups (broad SMARTS) is 1. The zero-order valence-electron chi connectivity index (χ0n) is 9.35. The van der Waals surface area contributed by atoms with Gasteiger partial charge in [0.05, 0.1) is 6.42 Å². The summed E-state index contributed by atoms with van der Waals surface area (Å²) in [6.45, 7) is 0. The molecule has 0 aliphatic rings. The molecule has 0 amide bonds. The normalized spacial score (nSPS) is 11.8. The van der Waals surface area contributed by atoms with Crippen LogP contribution in [0, 0.1) is 0 Å². The van der Waals surface area contributed by atoms with Gasteiger partial charge in [0, 0.05) is 17.3 Å². The zero-order chi connectivity index (χ0) is 11.5. The van der Waals surface area contributed by atoms with Crippen molar-refractivity contribution in [3.8, 4) is 0 Å². The maximum absolute atomic E-state index is 10.2. The van der Waals surface area contributed by atoms with Crippen LogP contribution in [0.15, 0.2) is 0 Å². The molecule has 1 unspecified atom stereocenters. The van der Waals surface area contributed by atoms with E-state index in [1.165, 1.54) is 0 Å². The first-order chi connectivity index (χ1) is 7.13. The van der Waals surface area contributed by atoms with Gasteiger partial charge in [-0.05, 0) is 12.8 Å². The van der Waals surface area contributed by atoms with Crippen molar-refractivity contribution in [3.05, 3.63) is 0 Å². The van der Waals surface area contributed by atoms with E-state index in [-0.39, 0.29) is 41.7 Å². The summed E-state index contributed by atoms with van der Waals surface area (Å²) in [5.74, 6) is 1.07. The molecular weight excluding hydrogens is 279 g/mol. The van der Waals surface area contributed by atoms with Crippen molar-refractivity contribution in [2.45, 2.75) is 25.7 Å². The standard InChI is InChI=1S/C8H16O4S3.Na/c9-8(10)4-6-14-13-5-2-1-3-7-15(11)12;/h1-7H2,(H,9,10)(H,11,12);/q;+1/p-1. The van der Waals surface area contributed by atoms with Crippen molar-refractivity contribution in [1.29, 1.82) is 0 Å². The SMILES string of the molecule is O=C(O)CCSSCCCCCS(=O)[O-].[Na+]. The first-order valence-corrected chi connectivity index (χ1v) is 8.38. The average molecular weight is 294 g/mol. The molecule has 0 radical (unpaired) electrons. The number of unbranched alkanes of at least 4 members (excludes halogenated alkanes) is 2. The Labute approximate surface area is 129 Å². The third-order valence-electron chi connectivity index (χ3n) is 1.52. The van der Waals surface area contributed by atoms with E-state index in [1.54, 1.807) is 21.6 Å². The van der Waals surface area contributed by atoms with Gasteiger partial charge in [0.15, 0.2) is 0 Å². The summed E-state index contributed by atoms with van der Waals surface area (Å²) in [4.78, 5) is 10.2. The van der Waals surface area contributed by atoms with Crippen LogP contribution in [0.25, 0.3) is 0 Å². The zero-order valence-corrected chi connectivity index (χ0v) is 13.8. The van der Waals surface area contributed by atoms with E-state index >= 15 is 0 Å². The molecule has 8 heteroatoms. The predicted octanol–water partition coefficient (Wildman–Crippen LogP) is -1.10. The molecule has 16 heavy (non-hydrogen) atoms. The second-order valence-corrected chi connectivity index (χ2v) is 6.57. The minimum Gasteiger partial charge on any atom is -0.772 e. The fourth-order valence-electron chi connectivity index (χ4n) is 0.805. The van der Waals surface area contributed by atoms with Crippen LogP contribution < -0.4 is 29.6 Å². The Bertz CT molecular complexity index is 184. The van der Waals surface area contributed by atoms with Gasteiger partial charge >= 0.3 is 35.5 Å². The van der Waals surface area contributed by atoms with Crippen LogP contribution in [0.2, 0.25) is 0 Å². The smallest absolute Gasteiger partial charge is 0.772 e. The average Bonchev–Trinajstić information content (AvgIpc) is 2.14. The summed E-state index contributed by atoms with van der Waals surface area (Å²) in [6, 6.07) is 0. The van der Waals surface area contributed by atoms with Crippen LogP contribution in [-0.2, 0) is 15.9 Å². The molecule has 0 aliphatic heterocycles. The van der Waals surface area contributed by atoms with Crippen molar-refractivity contribution in [2.24, 2.45) is 0 Å². The third kappa shape index (κ3) is 17.7. The number of rotatable bonds is 10. The van der Waals surface area contributed by atoms with Crippen LogP contribution in [0.5, 0.6) is 0 Å². The van der Waals surface area contributed by atoms with E-state index in [0.717, 1.165) is 25.0 Å². The third-order valence-corrected chi connectivity index (χ3v) is 4.64. The summed E-state index contributed by atoms with van der Waals surface area (Å²) in [7, 11) is 3.21. The summed E-state index contributed by atoms with van der Waals surface area (Å²) >= 11 is -1.91. The molecule has 0 bridgehead atoms. The van der Waals surface area contributed by atoms with E-state index in [2.05, 4.69) is 0 Å². The maximum Gasteiger partial charge on any atom is 1.00 e. The van der Waals surface area contributed by atoms with Crippen molar-refractivity contribution in [1.82, 2.24) is 0 Å². The Morgan fingerprint density at radius 2 is 1.81 bits per heavy atom. The Morgan fingerprint density at radius 3 is 2.38 bits per heavy atom. The van der Waals surface area contributed by atoms with E-state index in [1.807, 2.05) is 0 Å². The fraction of sp³-hybridized carbons (Fsp3) is 0.875. The van der Waals surface area contributed by atoms with E-state index < -0.39 is 17.0 Å². The number of aliphatic carboxylic acids is 1. The molecule has 0 aliphatic carbocycles. The molecule has 0 heterocycles. The van der Waals surface area contributed by atoms with E-state index in [4.69, 9.17) is 5.11 Å². The minimum absolute atomic E-state index is 0. The number of carbonyl (C=O) groups is 1. The van der Waals surface area contributed by atoms with Crippen molar-refractivity contribution < 1.29 is 48.2 Å². The summed E-state index contributed by atoms with van der Waals surface area (Å²) < 4.78 is 20.3. The van der Waals surface area contributed by atoms with Crippen LogP contribution in [0.1, 0.15) is 25.7 Å². The molecule has 0 aromatic carbocycles. The van der Waals surface area contributed by atoms with E-state index in [0.29, 0.717) is 5.75 Å². The quantitative estimate of drug-likeness (QED) is 0.238. The largest absolute Gasteiger partial charge is 1.00 e. The molecule has 0 saturated heterocycles. The molecule has 0 fully saturated rings. The second kappa shape index (κ2) is 14.3. The Morgan fingerprint density at radius 1 is 1.19 bits per heavy atom. The van der Waals surface area contributed by atoms with Gasteiger partial charge in [-0.1, -0.05) is 39.1 Å². The molecule has 0 aromatic rings. The van der Waals surface area contributed by atoms with Crippen molar-refractivity contribution >= 4 is 38.6 Å². The number of carboxylic acids is 1. The predicted molar refractivity (Wildman–Crippen MR) is 64.8 cm³/mol. The topological polar surface area (TPSA) is 77.4 Å². The first-order valence-electron chi connectivity index (χ1n) is 4.65. The molecule has 0 rings (SSSR count). The molecule has 0 spiro atoms. The van der Waals surface area contributed by atoms with Crippen LogP contribution >= 0.6 is 21.6 Å². The maximum atomic E-state index is 10.2. The Hall–Kier alpha value is 1.28. The number of hydrogen-bond donors (Lipinski definition) is 1. The van der Waals surface area contributed by atoms with Gasteiger partial charge in [-0.3, -0.25) is 9.00 Å². The fourth-order valence-corrected chi connectivity index (χ4v) is 3.37. The van der Waals surface area contributed by atoms with Gasteiger partial charge in [0.1, 0.15) is 0 Å². The summed E-state index contributed by atoms with van der Waals surface area (Å²) in [5.41, 5.74) is 0. The Kier molecular flexibility index (Phi) is 17.6. The van der Waals surface area contributed by atoms with E-state index in [9.17, 15) is 13.6 Å². The van der Waals surface area contributed by atoms with Crippen molar-refractivity contribution in [3.63, 3.8) is 0 Å². The molecule has 1 atom stereocenters. The van der Waals surface area contributed by atoms with Gasteiger partial charge < -0.3 is 9.66 Å². The number of hydrogen-bond acceptors (Lipinski definition) is 5. The Balaban J connectivity index is 0. The van der Waals surface area contributed by atoms with Crippen LogP contribution in [0.4, 0.5) is 0 Å². The van der Waals surface area contributed by atoms with Crippen molar-refractivity contribution in [2.75, 3.05) is 17.3 Å². The molecular formula is C8H15NaO4S3. The van der Waals surface area contributed by atoms with Gasteiger partial charge in [-0.2, -0.15) is 0 Å². The van der Waals surface area contributed by atoms with Crippen LogP contribution in [0.3, 0.4) is 0 Å².